The molecule has 0 bridgehead atoms. The SMILES string of the molecule is C[C@@H]1CCc2cccc(F)c2N1. The van der Waals surface area contributed by atoms with Gasteiger partial charge in [0, 0.05) is 6.04 Å². The lowest BCUT2D eigenvalue weighted by atomic mass is 9.99. The standard InChI is InChI=1S/C10H12FN/c1-7-5-6-8-3-2-4-9(11)10(8)12-7/h2-4,7,12H,5-6H2,1H3/t7-/m1/s1. The van der Waals surface area contributed by atoms with Crippen molar-refractivity contribution >= 4 is 5.69 Å². The molecule has 1 aromatic rings. The highest BCUT2D eigenvalue weighted by molar-refractivity contribution is 5.54. The maximum atomic E-state index is 13.2. The lowest BCUT2D eigenvalue weighted by Crippen LogP contribution is -2.22. The molecule has 1 heterocycles. The fourth-order valence-corrected chi connectivity index (χ4v) is 1.63. The average Bonchev–Trinajstić information content (AvgIpc) is 2.07. The van der Waals surface area contributed by atoms with E-state index in [4.69, 9.17) is 0 Å². The minimum Gasteiger partial charge on any atom is -0.380 e. The van der Waals surface area contributed by atoms with Crippen LogP contribution in [-0.2, 0) is 6.42 Å². The lowest BCUT2D eigenvalue weighted by molar-refractivity contribution is 0.606. The first kappa shape index (κ1) is 7.59. The topological polar surface area (TPSA) is 12.0 Å². The molecular formula is C10H12FN. The Hall–Kier alpha value is -1.05. The first-order valence-electron chi connectivity index (χ1n) is 4.31. The summed E-state index contributed by atoms with van der Waals surface area (Å²) in [6.45, 7) is 2.08. The highest BCUT2D eigenvalue weighted by Crippen LogP contribution is 2.26. The summed E-state index contributed by atoms with van der Waals surface area (Å²) in [5.74, 6) is -0.126. The molecule has 0 radical (unpaired) electrons. The fourth-order valence-electron chi connectivity index (χ4n) is 1.63. The Bertz CT molecular complexity index is 296. The molecule has 0 spiro atoms. The van der Waals surface area contributed by atoms with Crippen LogP contribution in [0.2, 0.25) is 0 Å². The molecule has 0 aromatic heterocycles. The second-order valence-electron chi connectivity index (χ2n) is 3.36. The van der Waals surface area contributed by atoms with E-state index in [0.717, 1.165) is 18.4 Å². The van der Waals surface area contributed by atoms with E-state index < -0.39 is 0 Å². The van der Waals surface area contributed by atoms with Crippen molar-refractivity contribution in [3.63, 3.8) is 0 Å². The Morgan fingerprint density at radius 2 is 2.33 bits per heavy atom. The summed E-state index contributed by atoms with van der Waals surface area (Å²) >= 11 is 0. The second kappa shape index (κ2) is 2.77. The molecule has 64 valence electrons. The van der Waals surface area contributed by atoms with Crippen LogP contribution in [-0.4, -0.2) is 6.04 Å². The molecular weight excluding hydrogens is 153 g/mol. The molecule has 0 amide bonds. The van der Waals surface area contributed by atoms with Gasteiger partial charge in [0.2, 0.25) is 0 Å². The predicted octanol–water partition coefficient (Wildman–Crippen LogP) is 2.57. The van der Waals surface area contributed by atoms with Gasteiger partial charge in [0.1, 0.15) is 5.82 Å². The fraction of sp³-hybridized carbons (Fsp3) is 0.400. The van der Waals surface area contributed by atoms with Crippen LogP contribution in [0.25, 0.3) is 0 Å². The number of hydrogen-bond donors (Lipinski definition) is 1. The Morgan fingerprint density at radius 1 is 1.50 bits per heavy atom. The van der Waals surface area contributed by atoms with Crippen LogP contribution < -0.4 is 5.32 Å². The molecule has 1 aromatic carbocycles. The molecule has 1 aliphatic heterocycles. The minimum atomic E-state index is -0.126. The van der Waals surface area contributed by atoms with E-state index in [-0.39, 0.29) is 5.82 Å². The van der Waals surface area contributed by atoms with Crippen molar-refractivity contribution in [2.75, 3.05) is 5.32 Å². The molecule has 1 aliphatic rings. The van der Waals surface area contributed by atoms with Gasteiger partial charge in [0.05, 0.1) is 5.69 Å². The summed E-state index contributed by atoms with van der Waals surface area (Å²) in [7, 11) is 0. The second-order valence-corrected chi connectivity index (χ2v) is 3.36. The van der Waals surface area contributed by atoms with Crippen LogP contribution in [0.5, 0.6) is 0 Å². The first-order valence-corrected chi connectivity index (χ1v) is 4.31. The van der Waals surface area contributed by atoms with Crippen molar-refractivity contribution in [3.05, 3.63) is 29.6 Å². The molecule has 0 fully saturated rings. The van der Waals surface area contributed by atoms with Crippen LogP contribution >= 0.6 is 0 Å². The first-order chi connectivity index (χ1) is 5.77. The third-order valence-electron chi connectivity index (χ3n) is 2.34. The molecule has 2 rings (SSSR count). The number of hydrogen-bond acceptors (Lipinski definition) is 1. The van der Waals surface area contributed by atoms with E-state index in [1.54, 1.807) is 6.07 Å². The number of nitrogens with one attached hydrogen (secondary N) is 1. The van der Waals surface area contributed by atoms with Gasteiger partial charge >= 0.3 is 0 Å². The minimum absolute atomic E-state index is 0.126. The van der Waals surface area contributed by atoms with Gasteiger partial charge in [0.25, 0.3) is 0 Å². The molecule has 0 unspecified atom stereocenters. The van der Waals surface area contributed by atoms with Crippen molar-refractivity contribution in [1.82, 2.24) is 0 Å². The van der Waals surface area contributed by atoms with Gasteiger partial charge in [0.15, 0.2) is 0 Å². The van der Waals surface area contributed by atoms with E-state index in [2.05, 4.69) is 12.2 Å². The van der Waals surface area contributed by atoms with Gasteiger partial charge < -0.3 is 5.32 Å². The van der Waals surface area contributed by atoms with Crippen LogP contribution in [0, 0.1) is 5.82 Å². The molecule has 0 saturated carbocycles. The van der Waals surface area contributed by atoms with Gasteiger partial charge in [-0.1, -0.05) is 12.1 Å². The summed E-state index contributed by atoms with van der Waals surface area (Å²) in [6, 6.07) is 5.65. The molecule has 1 N–H and O–H groups in total. The molecule has 0 saturated heterocycles. The van der Waals surface area contributed by atoms with Crippen molar-refractivity contribution in [2.24, 2.45) is 0 Å². The Kier molecular flexibility index (Phi) is 1.75. The summed E-state index contributed by atoms with van der Waals surface area (Å²) in [4.78, 5) is 0. The highest BCUT2D eigenvalue weighted by atomic mass is 19.1. The molecule has 1 atom stereocenters. The number of benzene rings is 1. The van der Waals surface area contributed by atoms with Crippen LogP contribution in [0.1, 0.15) is 18.9 Å². The van der Waals surface area contributed by atoms with Crippen molar-refractivity contribution in [2.45, 2.75) is 25.8 Å². The van der Waals surface area contributed by atoms with Gasteiger partial charge in [-0.05, 0) is 31.4 Å². The monoisotopic (exact) mass is 165 g/mol. The smallest absolute Gasteiger partial charge is 0.146 e. The van der Waals surface area contributed by atoms with Crippen LogP contribution in [0.3, 0.4) is 0 Å². The Balaban J connectivity index is 2.43. The van der Waals surface area contributed by atoms with Gasteiger partial charge in [-0.15, -0.1) is 0 Å². The number of rotatable bonds is 0. The quantitative estimate of drug-likeness (QED) is 0.623. The van der Waals surface area contributed by atoms with E-state index in [1.165, 1.54) is 6.07 Å². The summed E-state index contributed by atoms with van der Waals surface area (Å²) in [6.07, 6.45) is 2.08. The summed E-state index contributed by atoms with van der Waals surface area (Å²) in [5.41, 5.74) is 1.81. The summed E-state index contributed by atoms with van der Waals surface area (Å²) in [5, 5.41) is 3.15. The lowest BCUT2D eigenvalue weighted by Gasteiger charge is -2.24. The zero-order valence-corrected chi connectivity index (χ0v) is 7.10. The maximum Gasteiger partial charge on any atom is 0.146 e. The highest BCUT2D eigenvalue weighted by Gasteiger charge is 2.16. The molecule has 1 nitrogen and oxygen atoms in total. The van der Waals surface area contributed by atoms with Crippen LogP contribution in [0.15, 0.2) is 18.2 Å². The van der Waals surface area contributed by atoms with E-state index in [1.807, 2.05) is 6.07 Å². The largest absolute Gasteiger partial charge is 0.380 e. The number of fused-ring (bicyclic) bond motifs is 1. The van der Waals surface area contributed by atoms with Crippen LogP contribution in [0.4, 0.5) is 10.1 Å². The number of para-hydroxylation sites is 1. The molecule has 12 heavy (non-hydrogen) atoms. The maximum absolute atomic E-state index is 13.2. The normalized spacial score (nSPS) is 21.3. The predicted molar refractivity (Wildman–Crippen MR) is 47.8 cm³/mol. The Labute approximate surface area is 71.6 Å². The zero-order valence-electron chi connectivity index (χ0n) is 7.10. The van der Waals surface area contributed by atoms with Crippen molar-refractivity contribution in [3.8, 4) is 0 Å². The number of anilines is 1. The number of aryl methyl sites for hydroxylation is 1. The third kappa shape index (κ3) is 1.17. The van der Waals surface area contributed by atoms with Gasteiger partial charge in [-0.3, -0.25) is 0 Å². The molecule has 0 aliphatic carbocycles. The van der Waals surface area contributed by atoms with E-state index in [9.17, 15) is 4.39 Å². The average molecular weight is 165 g/mol. The van der Waals surface area contributed by atoms with E-state index in [0.29, 0.717) is 11.7 Å². The zero-order chi connectivity index (χ0) is 8.55. The third-order valence-corrected chi connectivity index (χ3v) is 2.34. The van der Waals surface area contributed by atoms with E-state index >= 15 is 0 Å². The van der Waals surface area contributed by atoms with Gasteiger partial charge in [-0.2, -0.15) is 0 Å². The van der Waals surface area contributed by atoms with Gasteiger partial charge in [-0.25, -0.2) is 4.39 Å². The Morgan fingerprint density at radius 3 is 3.17 bits per heavy atom. The van der Waals surface area contributed by atoms with Crippen molar-refractivity contribution in [1.29, 1.82) is 0 Å². The summed E-state index contributed by atoms with van der Waals surface area (Å²) < 4.78 is 13.2. The number of halogens is 1. The van der Waals surface area contributed by atoms with Crippen molar-refractivity contribution < 1.29 is 4.39 Å². The molecule has 2 heteroatoms.